The van der Waals surface area contributed by atoms with Gasteiger partial charge in [-0.3, -0.25) is 0 Å². The number of aryl methyl sites for hydroxylation is 2. The molecule has 0 radical (unpaired) electrons. The maximum absolute atomic E-state index is 5.84. The van der Waals surface area contributed by atoms with E-state index in [0.717, 1.165) is 12.3 Å². The minimum absolute atomic E-state index is 0.155. The molecule has 0 atom stereocenters. The molecule has 1 N–H and O–H groups in total. The molecule has 0 heterocycles. The van der Waals surface area contributed by atoms with Crippen LogP contribution in [-0.4, -0.2) is 5.60 Å². The summed E-state index contributed by atoms with van der Waals surface area (Å²) in [7, 11) is 0. The van der Waals surface area contributed by atoms with Crippen molar-refractivity contribution < 1.29 is 4.74 Å². The van der Waals surface area contributed by atoms with E-state index >= 15 is 0 Å². The Labute approximate surface area is 128 Å². The Balaban J connectivity index is 2.01. The molecule has 0 aliphatic carbocycles. The third kappa shape index (κ3) is 4.52. The Hall–Kier alpha value is -1.96. The first-order chi connectivity index (χ1) is 9.85. The summed E-state index contributed by atoms with van der Waals surface area (Å²) in [6, 6.07) is 14.7. The zero-order chi connectivity index (χ0) is 15.5. The molecule has 0 saturated heterocycles. The molecule has 0 aliphatic heterocycles. The average Bonchev–Trinajstić information content (AvgIpc) is 2.38. The number of anilines is 1. The third-order valence-corrected chi connectivity index (χ3v) is 3.30. The molecule has 2 aromatic carbocycles. The Kier molecular flexibility index (Phi) is 4.56. The summed E-state index contributed by atoms with van der Waals surface area (Å²) in [6.07, 6.45) is 0. The molecule has 0 amide bonds. The van der Waals surface area contributed by atoms with Crippen molar-refractivity contribution in [3.63, 3.8) is 0 Å². The lowest BCUT2D eigenvalue weighted by molar-refractivity contribution is 0.131. The molecule has 2 nitrogen and oxygen atoms in total. The lowest BCUT2D eigenvalue weighted by atomic mass is 10.1. The van der Waals surface area contributed by atoms with E-state index in [4.69, 9.17) is 4.74 Å². The Morgan fingerprint density at radius 2 is 1.48 bits per heavy atom. The summed E-state index contributed by atoms with van der Waals surface area (Å²) >= 11 is 0. The lowest BCUT2D eigenvalue weighted by Crippen LogP contribution is -2.22. The molecule has 2 rings (SSSR count). The van der Waals surface area contributed by atoms with Crippen molar-refractivity contribution in [2.45, 2.75) is 46.8 Å². The highest BCUT2D eigenvalue weighted by Crippen LogP contribution is 2.22. The van der Waals surface area contributed by atoms with E-state index in [9.17, 15) is 0 Å². The van der Waals surface area contributed by atoms with Gasteiger partial charge in [0.2, 0.25) is 0 Å². The van der Waals surface area contributed by atoms with Gasteiger partial charge in [-0.2, -0.15) is 0 Å². The monoisotopic (exact) mass is 283 g/mol. The van der Waals surface area contributed by atoms with Gasteiger partial charge >= 0.3 is 0 Å². The van der Waals surface area contributed by atoms with Gasteiger partial charge < -0.3 is 10.1 Å². The van der Waals surface area contributed by atoms with E-state index in [2.05, 4.69) is 70.3 Å². The number of nitrogens with one attached hydrogen (secondary N) is 1. The highest BCUT2D eigenvalue weighted by atomic mass is 16.5. The van der Waals surface area contributed by atoms with Crippen LogP contribution in [0.3, 0.4) is 0 Å². The van der Waals surface area contributed by atoms with E-state index in [1.54, 1.807) is 0 Å². The van der Waals surface area contributed by atoms with E-state index in [0.29, 0.717) is 0 Å². The van der Waals surface area contributed by atoms with Gasteiger partial charge in [0.1, 0.15) is 11.4 Å². The predicted molar refractivity (Wildman–Crippen MR) is 90.1 cm³/mol. The largest absolute Gasteiger partial charge is 0.488 e. The maximum atomic E-state index is 5.84. The van der Waals surface area contributed by atoms with Crippen LogP contribution in [0.15, 0.2) is 42.5 Å². The van der Waals surface area contributed by atoms with Gasteiger partial charge in [0.25, 0.3) is 0 Å². The minimum Gasteiger partial charge on any atom is -0.488 e. The Bertz CT molecular complexity index is 574. The van der Waals surface area contributed by atoms with Gasteiger partial charge in [-0.25, -0.2) is 0 Å². The van der Waals surface area contributed by atoms with E-state index in [1.807, 2.05) is 12.1 Å². The molecule has 0 aromatic heterocycles. The summed E-state index contributed by atoms with van der Waals surface area (Å²) in [5, 5.41) is 3.52. The number of hydrogen-bond donors (Lipinski definition) is 1. The van der Waals surface area contributed by atoms with Crippen LogP contribution in [0.2, 0.25) is 0 Å². The molecule has 21 heavy (non-hydrogen) atoms. The molecule has 0 unspecified atom stereocenters. The molecule has 0 bridgehead atoms. The molecule has 2 heteroatoms. The smallest absolute Gasteiger partial charge is 0.120 e. The third-order valence-electron chi connectivity index (χ3n) is 3.30. The number of benzene rings is 2. The fraction of sp³-hybridized carbons (Fsp3) is 0.368. The number of hydrogen-bond acceptors (Lipinski definition) is 2. The van der Waals surface area contributed by atoms with Crippen molar-refractivity contribution in [3.05, 3.63) is 59.2 Å². The van der Waals surface area contributed by atoms with Crippen molar-refractivity contribution in [3.8, 4) is 5.75 Å². The molecule has 0 fully saturated rings. The van der Waals surface area contributed by atoms with Crippen LogP contribution < -0.4 is 10.1 Å². The summed E-state index contributed by atoms with van der Waals surface area (Å²) in [5.41, 5.74) is 4.88. The van der Waals surface area contributed by atoms with Gasteiger partial charge in [-0.1, -0.05) is 30.3 Å². The van der Waals surface area contributed by atoms with Crippen LogP contribution in [0.25, 0.3) is 0 Å². The van der Waals surface area contributed by atoms with E-state index in [1.165, 1.54) is 22.4 Å². The standard InChI is InChI=1S/C19H25NO/c1-14-7-6-8-15(2)18(14)20-13-16-9-11-17(12-10-16)21-19(3,4)5/h6-12,20H,13H2,1-5H3. The Morgan fingerprint density at radius 1 is 0.905 bits per heavy atom. The fourth-order valence-corrected chi connectivity index (χ4v) is 2.31. The van der Waals surface area contributed by atoms with Crippen LogP contribution >= 0.6 is 0 Å². The van der Waals surface area contributed by atoms with Gasteiger partial charge in [0.05, 0.1) is 0 Å². The zero-order valence-corrected chi connectivity index (χ0v) is 13.7. The van der Waals surface area contributed by atoms with Crippen molar-refractivity contribution >= 4 is 5.69 Å². The van der Waals surface area contributed by atoms with Gasteiger partial charge in [0, 0.05) is 12.2 Å². The highest BCUT2D eigenvalue weighted by molar-refractivity contribution is 5.56. The Morgan fingerprint density at radius 3 is 2.00 bits per heavy atom. The van der Waals surface area contributed by atoms with Gasteiger partial charge in [-0.15, -0.1) is 0 Å². The second-order valence-electron chi connectivity index (χ2n) is 6.48. The number of rotatable bonds is 4. The molecule has 112 valence electrons. The molecular formula is C19H25NO. The second-order valence-corrected chi connectivity index (χ2v) is 6.48. The molecule has 0 aliphatic rings. The number of para-hydroxylation sites is 1. The molecule has 0 saturated carbocycles. The molecule has 0 spiro atoms. The topological polar surface area (TPSA) is 21.3 Å². The van der Waals surface area contributed by atoms with Crippen molar-refractivity contribution in [1.82, 2.24) is 0 Å². The molecular weight excluding hydrogens is 258 g/mol. The normalized spacial score (nSPS) is 11.3. The van der Waals surface area contributed by atoms with Gasteiger partial charge in [0.15, 0.2) is 0 Å². The fourth-order valence-electron chi connectivity index (χ4n) is 2.31. The van der Waals surface area contributed by atoms with Crippen LogP contribution in [0.1, 0.15) is 37.5 Å². The van der Waals surface area contributed by atoms with Crippen molar-refractivity contribution in [2.24, 2.45) is 0 Å². The van der Waals surface area contributed by atoms with E-state index in [-0.39, 0.29) is 5.60 Å². The summed E-state index contributed by atoms with van der Waals surface area (Å²) in [4.78, 5) is 0. The van der Waals surface area contributed by atoms with Crippen LogP contribution in [-0.2, 0) is 6.54 Å². The SMILES string of the molecule is Cc1cccc(C)c1NCc1ccc(OC(C)(C)C)cc1. The lowest BCUT2D eigenvalue weighted by Gasteiger charge is -2.21. The van der Waals surface area contributed by atoms with Crippen molar-refractivity contribution in [1.29, 1.82) is 0 Å². The first-order valence-corrected chi connectivity index (χ1v) is 7.43. The zero-order valence-electron chi connectivity index (χ0n) is 13.7. The van der Waals surface area contributed by atoms with E-state index < -0.39 is 0 Å². The number of ether oxygens (including phenoxy) is 1. The van der Waals surface area contributed by atoms with Gasteiger partial charge in [-0.05, 0) is 63.4 Å². The first kappa shape index (κ1) is 15.4. The first-order valence-electron chi connectivity index (χ1n) is 7.43. The maximum Gasteiger partial charge on any atom is 0.120 e. The second kappa shape index (κ2) is 6.21. The van der Waals surface area contributed by atoms with Crippen LogP contribution in [0, 0.1) is 13.8 Å². The highest BCUT2D eigenvalue weighted by Gasteiger charge is 2.11. The minimum atomic E-state index is -0.155. The average molecular weight is 283 g/mol. The van der Waals surface area contributed by atoms with Crippen LogP contribution in [0.5, 0.6) is 5.75 Å². The quantitative estimate of drug-likeness (QED) is 0.843. The molecule has 2 aromatic rings. The van der Waals surface area contributed by atoms with Crippen molar-refractivity contribution in [2.75, 3.05) is 5.32 Å². The summed E-state index contributed by atoms with van der Waals surface area (Å²) < 4.78 is 5.84. The predicted octanol–water partition coefficient (Wildman–Crippen LogP) is 5.09. The van der Waals surface area contributed by atoms with Crippen LogP contribution in [0.4, 0.5) is 5.69 Å². The summed E-state index contributed by atoms with van der Waals surface area (Å²) in [6.45, 7) is 11.3. The summed E-state index contributed by atoms with van der Waals surface area (Å²) in [5.74, 6) is 0.915.